The van der Waals surface area contributed by atoms with Crippen LogP contribution in [0.1, 0.15) is 72.5 Å². The van der Waals surface area contributed by atoms with E-state index in [0.717, 1.165) is 55.9 Å². The number of aromatic nitrogens is 2. The first-order valence-corrected chi connectivity index (χ1v) is 14.8. The molecule has 1 unspecified atom stereocenters. The van der Waals surface area contributed by atoms with E-state index in [4.69, 9.17) is 9.26 Å². The number of hydrogen-bond acceptors (Lipinski definition) is 8. The lowest BCUT2D eigenvalue weighted by atomic mass is 9.81. The summed E-state index contributed by atoms with van der Waals surface area (Å²) in [5.41, 5.74) is 0.929. The van der Waals surface area contributed by atoms with Crippen molar-refractivity contribution in [1.82, 2.24) is 10.1 Å². The molecule has 0 saturated heterocycles. The zero-order valence-corrected chi connectivity index (χ0v) is 23.6. The molecular formula is C30H27F4N3O5S. The summed E-state index contributed by atoms with van der Waals surface area (Å²) in [5, 5.41) is 13.6. The van der Waals surface area contributed by atoms with E-state index < -0.39 is 18.1 Å². The number of alkyl halides is 3. The first-order valence-electron chi connectivity index (χ1n) is 14.0. The quantitative estimate of drug-likeness (QED) is 0.126. The molecule has 2 saturated carbocycles. The molecule has 13 heteroatoms. The molecule has 0 amide bonds. The smallest absolute Gasteiger partial charge is 0.478 e. The van der Waals surface area contributed by atoms with Gasteiger partial charge in [0, 0.05) is 29.7 Å². The lowest BCUT2D eigenvalue weighted by molar-refractivity contribution is -0.274. The minimum atomic E-state index is -4.86. The van der Waals surface area contributed by atoms with Crippen LogP contribution in [-0.2, 0) is 11.3 Å². The summed E-state index contributed by atoms with van der Waals surface area (Å²) in [4.78, 5) is 19.9. The number of benzene rings is 2. The van der Waals surface area contributed by atoms with Gasteiger partial charge in [0.15, 0.2) is 5.82 Å². The van der Waals surface area contributed by atoms with Crippen molar-refractivity contribution >= 4 is 38.9 Å². The van der Waals surface area contributed by atoms with Crippen molar-refractivity contribution in [2.24, 2.45) is 10.9 Å². The lowest BCUT2D eigenvalue weighted by Gasteiger charge is -2.29. The van der Waals surface area contributed by atoms with Crippen LogP contribution in [0.25, 0.3) is 21.5 Å². The highest BCUT2D eigenvalue weighted by Crippen LogP contribution is 2.46. The molecule has 0 spiro atoms. The second-order valence-electron chi connectivity index (χ2n) is 10.8. The molecule has 0 radical (unpaired) electrons. The maximum absolute atomic E-state index is 14.4. The first kappa shape index (κ1) is 29.2. The van der Waals surface area contributed by atoms with Crippen LogP contribution in [0.2, 0.25) is 0 Å². The minimum absolute atomic E-state index is 0.0618. The molecule has 2 heterocycles. The average molecular weight is 618 g/mol. The van der Waals surface area contributed by atoms with Crippen LogP contribution in [-0.4, -0.2) is 39.9 Å². The van der Waals surface area contributed by atoms with E-state index in [-0.39, 0.29) is 51.8 Å². The fraction of sp³-hybridized carbons (Fsp3) is 0.400. The van der Waals surface area contributed by atoms with Crippen molar-refractivity contribution in [3.8, 4) is 17.0 Å². The molecule has 1 atom stereocenters. The first-order chi connectivity index (χ1) is 20.6. The van der Waals surface area contributed by atoms with Gasteiger partial charge in [0.1, 0.15) is 22.7 Å². The van der Waals surface area contributed by atoms with Gasteiger partial charge < -0.3 is 19.1 Å². The van der Waals surface area contributed by atoms with Gasteiger partial charge in [-0.15, -0.1) is 13.2 Å². The third-order valence-electron chi connectivity index (χ3n) is 7.67. The highest BCUT2D eigenvalue weighted by atomic mass is 32.1. The maximum Gasteiger partial charge on any atom is 0.573 e. The number of ether oxygens (including phenoxy) is 2. The molecule has 2 fully saturated rings. The number of aromatic carboxylic acids is 1. The average Bonchev–Trinajstić information content (AvgIpc) is 3.54. The number of fused-ring (bicyclic) bond motifs is 1. The molecule has 1 N–H and O–H groups in total. The van der Waals surface area contributed by atoms with E-state index in [9.17, 15) is 27.5 Å². The number of carboxylic acid groups (broad SMARTS) is 1. The summed E-state index contributed by atoms with van der Waals surface area (Å²) in [6, 6.07) is 8.13. The zero-order chi connectivity index (χ0) is 30.1. The number of nitrogens with zero attached hydrogens (tertiary/aromatic N) is 3. The van der Waals surface area contributed by atoms with Crippen molar-refractivity contribution in [3.05, 3.63) is 59.1 Å². The Balaban J connectivity index is 1.21. The zero-order valence-electron chi connectivity index (χ0n) is 22.8. The molecule has 0 bridgehead atoms. The van der Waals surface area contributed by atoms with Crippen LogP contribution in [0.5, 0.6) is 5.75 Å². The van der Waals surface area contributed by atoms with E-state index in [1.165, 1.54) is 24.3 Å². The van der Waals surface area contributed by atoms with Gasteiger partial charge in [0.25, 0.3) is 0 Å². The normalized spacial score (nSPS) is 16.6. The molecule has 43 heavy (non-hydrogen) atoms. The van der Waals surface area contributed by atoms with Gasteiger partial charge >= 0.3 is 12.3 Å². The van der Waals surface area contributed by atoms with Crippen molar-refractivity contribution in [3.63, 3.8) is 0 Å². The minimum Gasteiger partial charge on any atom is -0.478 e. The molecule has 8 nitrogen and oxygen atoms in total. The summed E-state index contributed by atoms with van der Waals surface area (Å²) in [6.45, 7) is 0.0839. The second-order valence-corrected chi connectivity index (χ2v) is 11.8. The molecule has 0 aliphatic heterocycles. The van der Waals surface area contributed by atoms with Gasteiger partial charge in [-0.1, -0.05) is 47.9 Å². The lowest BCUT2D eigenvalue weighted by Crippen LogP contribution is -2.22. The third-order valence-corrected chi connectivity index (χ3v) is 8.58. The Morgan fingerprint density at radius 1 is 1.21 bits per heavy atom. The van der Waals surface area contributed by atoms with E-state index in [1.807, 2.05) is 0 Å². The predicted molar refractivity (Wildman–Crippen MR) is 150 cm³/mol. The molecule has 2 aromatic carbocycles. The number of carbonyl (C=O) groups is 1. The second kappa shape index (κ2) is 12.0. The molecule has 2 aliphatic carbocycles. The van der Waals surface area contributed by atoms with Crippen molar-refractivity contribution < 1.29 is 41.5 Å². The summed E-state index contributed by atoms with van der Waals surface area (Å²) < 4.78 is 70.4. The van der Waals surface area contributed by atoms with Crippen LogP contribution < -0.4 is 4.74 Å². The highest BCUT2D eigenvalue weighted by molar-refractivity contribution is 7.22. The topological polar surface area (TPSA) is 107 Å². The highest BCUT2D eigenvalue weighted by Gasteiger charge is 2.36. The number of hydrogen-bond donors (Lipinski definition) is 1. The van der Waals surface area contributed by atoms with Gasteiger partial charge in [-0.2, -0.15) is 0 Å². The van der Waals surface area contributed by atoms with E-state index in [1.54, 1.807) is 12.3 Å². The number of carboxylic acids is 1. The molecule has 2 aromatic heterocycles. The number of rotatable bonds is 12. The van der Waals surface area contributed by atoms with Gasteiger partial charge in [0.05, 0.1) is 23.0 Å². The molecule has 4 aromatic rings. The Kier molecular flexibility index (Phi) is 8.19. The van der Waals surface area contributed by atoms with Crippen LogP contribution in [0.15, 0.2) is 45.9 Å². The van der Waals surface area contributed by atoms with Crippen LogP contribution in [0, 0.1) is 11.7 Å². The summed E-state index contributed by atoms with van der Waals surface area (Å²) in [6.07, 6.45) is 2.86. The Morgan fingerprint density at radius 3 is 2.70 bits per heavy atom. The van der Waals surface area contributed by atoms with Crippen LogP contribution in [0.4, 0.5) is 22.7 Å². The monoisotopic (exact) mass is 617 g/mol. The van der Waals surface area contributed by atoms with Crippen molar-refractivity contribution in [1.29, 1.82) is 0 Å². The maximum atomic E-state index is 14.4. The van der Waals surface area contributed by atoms with E-state index >= 15 is 0 Å². The number of para-hydroxylation sites is 1. The largest absolute Gasteiger partial charge is 0.573 e. The summed E-state index contributed by atoms with van der Waals surface area (Å²) >= 11 is 1.09. The number of aliphatic imine (C=N–C) groups is 1. The number of halogens is 4. The Labute approximate surface area is 247 Å². The molecule has 2 aliphatic rings. The van der Waals surface area contributed by atoms with E-state index in [2.05, 4.69) is 19.9 Å². The van der Waals surface area contributed by atoms with E-state index in [0.29, 0.717) is 28.4 Å². The fourth-order valence-electron chi connectivity index (χ4n) is 5.15. The summed E-state index contributed by atoms with van der Waals surface area (Å²) in [7, 11) is 0. The van der Waals surface area contributed by atoms with Gasteiger partial charge in [-0.05, 0) is 49.4 Å². The molecule has 226 valence electrons. The van der Waals surface area contributed by atoms with Gasteiger partial charge in [-0.25, -0.2) is 19.2 Å². The molecule has 6 rings (SSSR count). The SMILES string of the molecule is O=C(O)c1cc(F)c2nc(N=CCC(CC3CCC3)OCc3c(-c4ccccc4OC(F)(F)F)noc3C3CC3)sc2c1. The Bertz CT molecular complexity index is 1660. The van der Waals surface area contributed by atoms with Crippen molar-refractivity contribution in [2.75, 3.05) is 0 Å². The van der Waals surface area contributed by atoms with Gasteiger partial charge in [-0.3, -0.25) is 0 Å². The Hall–Kier alpha value is -3.84. The molecular weight excluding hydrogens is 590 g/mol. The number of thiazole rings is 1. The van der Waals surface area contributed by atoms with Crippen LogP contribution >= 0.6 is 11.3 Å². The van der Waals surface area contributed by atoms with Crippen LogP contribution in [0.3, 0.4) is 0 Å². The predicted octanol–water partition coefficient (Wildman–Crippen LogP) is 8.43. The van der Waals surface area contributed by atoms with Crippen molar-refractivity contribution in [2.45, 2.75) is 69.9 Å². The van der Waals surface area contributed by atoms with Gasteiger partial charge in [0.2, 0.25) is 5.13 Å². The standard InChI is InChI=1S/C30H27F4N3O5S/c31-22-13-18(28(38)39)14-24-26(22)36-29(43-24)35-11-10-19(12-16-4-3-5-16)40-15-21-25(37-42-27(21)17-8-9-17)20-6-1-2-7-23(20)41-30(32,33)34/h1-2,6-7,11,13-14,16-17,19H,3-5,8-10,12,15H2,(H,38,39). The summed E-state index contributed by atoms with van der Waals surface area (Å²) in [5.74, 6) is -1.07. The Morgan fingerprint density at radius 2 is 2.00 bits per heavy atom. The third kappa shape index (κ3) is 6.88. The fourth-order valence-corrected chi connectivity index (χ4v) is 6.04.